The van der Waals surface area contributed by atoms with Crippen molar-refractivity contribution in [2.24, 2.45) is 5.10 Å². The second-order valence-electron chi connectivity index (χ2n) is 7.06. The molecule has 0 spiro atoms. The number of ether oxygens (including phenoxy) is 1. The maximum Gasteiger partial charge on any atom is 0.189 e. The zero-order valence-electron chi connectivity index (χ0n) is 14.7. The van der Waals surface area contributed by atoms with E-state index in [9.17, 15) is 0 Å². The van der Waals surface area contributed by atoms with Crippen LogP contribution in [0, 0.1) is 6.92 Å². The molecule has 1 unspecified atom stereocenters. The van der Waals surface area contributed by atoms with Gasteiger partial charge in [0, 0.05) is 38.3 Å². The fraction of sp³-hybridized carbons (Fsp3) is 0.611. The molecular weight excluding hydrogens is 334 g/mol. The van der Waals surface area contributed by atoms with E-state index in [0.29, 0.717) is 12.6 Å². The van der Waals surface area contributed by atoms with Crippen molar-refractivity contribution >= 4 is 23.0 Å². The van der Waals surface area contributed by atoms with Crippen LogP contribution >= 0.6 is 12.2 Å². The fourth-order valence-electron chi connectivity index (χ4n) is 3.88. The zero-order chi connectivity index (χ0) is 17.2. The highest BCUT2D eigenvalue weighted by atomic mass is 32.1. The second kappa shape index (κ2) is 7.25. The lowest BCUT2D eigenvalue weighted by molar-refractivity contribution is 0.0799. The molecule has 0 aromatic carbocycles. The minimum Gasteiger partial charge on any atom is -0.491 e. The van der Waals surface area contributed by atoms with Gasteiger partial charge in [0.25, 0.3) is 0 Å². The maximum absolute atomic E-state index is 5.70. The molecule has 7 heteroatoms. The quantitative estimate of drug-likeness (QED) is 0.611. The summed E-state index contributed by atoms with van der Waals surface area (Å²) in [6.45, 7) is 6.97. The van der Waals surface area contributed by atoms with Crippen molar-refractivity contribution in [1.82, 2.24) is 20.2 Å². The third kappa shape index (κ3) is 3.62. The number of piperazine rings is 1. The smallest absolute Gasteiger partial charge is 0.189 e. The number of hydrogen-bond donors (Lipinski definition) is 1. The van der Waals surface area contributed by atoms with E-state index in [1.54, 1.807) is 0 Å². The van der Waals surface area contributed by atoms with Gasteiger partial charge in [-0.15, -0.1) is 0 Å². The summed E-state index contributed by atoms with van der Waals surface area (Å²) in [6, 6.07) is 2.65. The molecule has 0 aliphatic carbocycles. The van der Waals surface area contributed by atoms with Crippen LogP contribution in [0.25, 0.3) is 0 Å². The van der Waals surface area contributed by atoms with Crippen molar-refractivity contribution < 1.29 is 4.74 Å². The molecule has 1 atom stereocenters. The Labute approximate surface area is 154 Å². The normalized spacial score (nSPS) is 25.1. The van der Waals surface area contributed by atoms with Crippen molar-refractivity contribution in [1.29, 1.82) is 0 Å². The van der Waals surface area contributed by atoms with Gasteiger partial charge in [0.2, 0.25) is 0 Å². The van der Waals surface area contributed by atoms with Gasteiger partial charge < -0.3 is 9.64 Å². The van der Waals surface area contributed by atoms with Gasteiger partial charge >= 0.3 is 0 Å². The first-order valence-corrected chi connectivity index (χ1v) is 9.57. The van der Waals surface area contributed by atoms with Crippen LogP contribution in [-0.2, 0) is 0 Å². The van der Waals surface area contributed by atoms with Gasteiger partial charge in [0.15, 0.2) is 5.11 Å². The topological polar surface area (TPSA) is 53.0 Å². The first-order chi connectivity index (χ1) is 12.2. The molecule has 2 fully saturated rings. The minimum atomic E-state index is 0.631. The average Bonchev–Trinajstić information content (AvgIpc) is 2.65. The number of aromatic nitrogens is 1. The van der Waals surface area contributed by atoms with Crippen LogP contribution in [0.1, 0.15) is 36.9 Å². The zero-order valence-corrected chi connectivity index (χ0v) is 15.5. The first-order valence-electron chi connectivity index (χ1n) is 9.16. The molecule has 3 aliphatic heterocycles. The predicted octanol–water partition coefficient (Wildman–Crippen LogP) is 1.92. The van der Waals surface area contributed by atoms with Gasteiger partial charge in [-0.1, -0.05) is 6.42 Å². The molecule has 1 aromatic rings. The number of fused-ring (bicyclic) bond motifs is 2. The number of nitrogens with one attached hydrogen (secondary N) is 1. The SMILES string of the molecule is Cc1cnc2c(c1)OCC/C2=N/NC(=S)N1CCN2CCCCC2C1. The molecule has 1 aromatic heterocycles. The van der Waals surface area contributed by atoms with E-state index in [2.05, 4.69) is 25.3 Å². The highest BCUT2D eigenvalue weighted by molar-refractivity contribution is 7.80. The molecule has 1 N–H and O–H groups in total. The van der Waals surface area contributed by atoms with E-state index < -0.39 is 0 Å². The summed E-state index contributed by atoms with van der Waals surface area (Å²) in [5.41, 5.74) is 5.94. The summed E-state index contributed by atoms with van der Waals surface area (Å²) in [5, 5.41) is 5.28. The van der Waals surface area contributed by atoms with Gasteiger partial charge in [-0.05, 0) is 50.2 Å². The largest absolute Gasteiger partial charge is 0.491 e. The lowest BCUT2D eigenvalue weighted by Gasteiger charge is -2.44. The Morgan fingerprint density at radius 2 is 2.28 bits per heavy atom. The summed E-state index contributed by atoms with van der Waals surface area (Å²) in [7, 11) is 0. The number of thiocarbonyl (C=S) groups is 1. The van der Waals surface area contributed by atoms with E-state index in [-0.39, 0.29) is 0 Å². The Balaban J connectivity index is 1.41. The van der Waals surface area contributed by atoms with Crippen molar-refractivity contribution in [3.8, 4) is 5.75 Å². The lowest BCUT2D eigenvalue weighted by atomic mass is 10.00. The lowest BCUT2D eigenvalue weighted by Crippen LogP contribution is -2.57. The van der Waals surface area contributed by atoms with Crippen molar-refractivity contribution in [3.05, 3.63) is 23.5 Å². The second-order valence-corrected chi connectivity index (χ2v) is 7.45. The van der Waals surface area contributed by atoms with Crippen LogP contribution in [0.4, 0.5) is 0 Å². The van der Waals surface area contributed by atoms with Crippen molar-refractivity contribution in [2.75, 3.05) is 32.8 Å². The van der Waals surface area contributed by atoms with Crippen LogP contribution in [0.3, 0.4) is 0 Å². The summed E-state index contributed by atoms with van der Waals surface area (Å²) in [5.74, 6) is 0.813. The summed E-state index contributed by atoms with van der Waals surface area (Å²) < 4.78 is 5.70. The summed E-state index contributed by atoms with van der Waals surface area (Å²) in [6.07, 6.45) is 6.54. The maximum atomic E-state index is 5.70. The highest BCUT2D eigenvalue weighted by Crippen LogP contribution is 2.24. The third-order valence-electron chi connectivity index (χ3n) is 5.27. The Morgan fingerprint density at radius 1 is 1.36 bits per heavy atom. The van der Waals surface area contributed by atoms with Gasteiger partial charge in [-0.25, -0.2) is 0 Å². The molecule has 2 saturated heterocycles. The Morgan fingerprint density at radius 3 is 3.20 bits per heavy atom. The Bertz CT molecular complexity index is 692. The van der Waals surface area contributed by atoms with E-state index >= 15 is 0 Å². The van der Waals surface area contributed by atoms with Crippen LogP contribution < -0.4 is 10.2 Å². The van der Waals surface area contributed by atoms with Gasteiger partial charge in [0.05, 0.1) is 12.3 Å². The summed E-state index contributed by atoms with van der Waals surface area (Å²) in [4.78, 5) is 9.35. The molecule has 4 rings (SSSR count). The Kier molecular flexibility index (Phi) is 4.85. The van der Waals surface area contributed by atoms with E-state index in [1.165, 1.54) is 25.8 Å². The fourth-order valence-corrected chi connectivity index (χ4v) is 4.09. The molecule has 0 bridgehead atoms. The van der Waals surface area contributed by atoms with Gasteiger partial charge in [-0.2, -0.15) is 5.10 Å². The van der Waals surface area contributed by atoms with Gasteiger partial charge in [0.1, 0.15) is 11.4 Å². The van der Waals surface area contributed by atoms with E-state index in [1.807, 2.05) is 19.2 Å². The minimum absolute atomic E-state index is 0.631. The van der Waals surface area contributed by atoms with Crippen LogP contribution in [0.5, 0.6) is 5.75 Å². The number of aryl methyl sites for hydroxylation is 1. The molecule has 25 heavy (non-hydrogen) atoms. The van der Waals surface area contributed by atoms with Crippen molar-refractivity contribution in [2.45, 2.75) is 38.6 Å². The van der Waals surface area contributed by atoms with Crippen LogP contribution in [0.15, 0.2) is 17.4 Å². The molecule has 3 aliphatic rings. The molecule has 0 radical (unpaired) electrons. The summed E-state index contributed by atoms with van der Waals surface area (Å²) >= 11 is 5.59. The van der Waals surface area contributed by atoms with E-state index in [4.69, 9.17) is 17.0 Å². The monoisotopic (exact) mass is 359 g/mol. The van der Waals surface area contributed by atoms with Crippen molar-refractivity contribution in [3.63, 3.8) is 0 Å². The molecule has 6 nitrogen and oxygen atoms in total. The number of piperidine rings is 1. The van der Waals surface area contributed by atoms with Crippen LogP contribution in [-0.4, -0.2) is 64.4 Å². The molecule has 4 heterocycles. The standard InChI is InChI=1S/C18H25N5OS/c1-13-10-16-17(19-11-13)15(5-9-24-16)20-21-18(25)23-8-7-22-6-3-2-4-14(22)12-23/h10-11,14H,2-9,12H2,1H3,(H,21,25)/b20-15-. The number of pyridine rings is 1. The number of rotatable bonds is 1. The van der Waals surface area contributed by atoms with Crippen LogP contribution in [0.2, 0.25) is 0 Å². The third-order valence-corrected chi connectivity index (χ3v) is 5.62. The Hall–Kier alpha value is -1.73. The van der Waals surface area contributed by atoms with Gasteiger partial charge in [-0.3, -0.25) is 15.3 Å². The predicted molar refractivity (Wildman–Crippen MR) is 102 cm³/mol. The molecular formula is C18H25N5OS. The molecule has 134 valence electrons. The average molecular weight is 359 g/mol. The molecule has 0 saturated carbocycles. The number of hydrazone groups is 1. The van der Waals surface area contributed by atoms with E-state index in [0.717, 1.165) is 53.9 Å². The first kappa shape index (κ1) is 16.7. The molecule has 0 amide bonds. The number of nitrogens with zero attached hydrogens (tertiary/aromatic N) is 4. The highest BCUT2D eigenvalue weighted by Gasteiger charge is 2.30. The number of hydrogen-bond acceptors (Lipinski definition) is 5.